The number of Topliss-reactive ketones (excluding diaryl/α,β-unsaturated/α-hetero) is 1. The molecule has 0 aliphatic carbocycles. The minimum absolute atomic E-state index is 0.669. The van der Waals surface area contributed by atoms with Crippen molar-refractivity contribution in [3.63, 3.8) is 0 Å². The zero-order valence-corrected chi connectivity index (χ0v) is 19.6. The van der Waals surface area contributed by atoms with Gasteiger partial charge < -0.3 is 0 Å². The van der Waals surface area contributed by atoms with E-state index in [1.807, 2.05) is 0 Å². The Bertz CT molecular complexity index is 1160. The van der Waals surface area contributed by atoms with E-state index in [1.165, 1.54) is 0 Å². The molecule has 0 spiro atoms. The first kappa shape index (κ1) is 24.6. The molecular weight excluding hydrogens is 503 g/mol. The first-order valence-electron chi connectivity index (χ1n) is 9.82. The quantitative estimate of drug-likeness (QED) is 0.321. The number of aromatic nitrogens is 2. The molecule has 1 saturated heterocycles. The molecule has 0 bridgehead atoms. The van der Waals surface area contributed by atoms with Gasteiger partial charge in [0.2, 0.25) is 0 Å². The number of aliphatic hydroxyl groups excluding tert-OH is 1. The van der Waals surface area contributed by atoms with E-state index in [4.69, 9.17) is 14.2 Å². The summed E-state index contributed by atoms with van der Waals surface area (Å²) < 4.78 is 16.9. The van der Waals surface area contributed by atoms with Gasteiger partial charge in [0.25, 0.3) is 0 Å². The van der Waals surface area contributed by atoms with Gasteiger partial charge in [0, 0.05) is 0 Å². The molecule has 1 unspecified atom stereocenters. The zero-order valence-electron chi connectivity index (χ0n) is 17.9. The molecule has 33 heavy (non-hydrogen) atoms. The Morgan fingerprint density at radius 2 is 1.73 bits per heavy atom. The van der Waals surface area contributed by atoms with Crippen molar-refractivity contribution in [3.8, 4) is 0 Å². The normalized spacial score (nSPS) is 25.3. The maximum atomic E-state index is 12.9. The van der Waals surface area contributed by atoms with E-state index >= 15 is 0 Å². The Morgan fingerprint density at radius 1 is 1.09 bits per heavy atom. The molecule has 12 heteroatoms. The third-order valence-corrected chi connectivity index (χ3v) is 7.56. The fourth-order valence-electron chi connectivity index (χ4n) is 3.47. The van der Waals surface area contributed by atoms with Gasteiger partial charge in [0.1, 0.15) is 0 Å². The topological polar surface area (TPSA) is 154 Å². The molecule has 1 aromatic heterocycles. The van der Waals surface area contributed by atoms with Gasteiger partial charge in [-0.15, -0.1) is 0 Å². The molecular formula is C21H22N2O9Se. The van der Waals surface area contributed by atoms with E-state index in [0.717, 1.165) is 37.6 Å². The summed E-state index contributed by atoms with van der Waals surface area (Å²) in [6.07, 6.45) is -4.90. The number of carbonyl (C=O) groups is 3. The number of carbonyl (C=O) groups excluding carboxylic acids is 3. The van der Waals surface area contributed by atoms with Gasteiger partial charge in [0.15, 0.2) is 0 Å². The van der Waals surface area contributed by atoms with Crippen molar-refractivity contribution in [2.45, 2.75) is 49.8 Å². The van der Waals surface area contributed by atoms with Gasteiger partial charge >= 0.3 is 194 Å². The van der Waals surface area contributed by atoms with E-state index in [-0.39, 0.29) is 0 Å². The number of aromatic amines is 1. The first-order valence-corrected chi connectivity index (χ1v) is 11.5. The van der Waals surface area contributed by atoms with Crippen LogP contribution in [-0.4, -0.2) is 71.8 Å². The number of H-pyrrole nitrogens is 1. The number of nitrogens with one attached hydrogen (secondary N) is 1. The van der Waals surface area contributed by atoms with Gasteiger partial charge in [0.05, 0.1) is 0 Å². The van der Waals surface area contributed by atoms with Gasteiger partial charge in [-0.05, 0) is 0 Å². The number of aliphatic hydroxyl groups is 1. The number of benzene rings is 1. The number of hydrogen-bond donors (Lipinski definition) is 2. The molecule has 1 fully saturated rings. The molecule has 1 aliphatic heterocycles. The Balaban J connectivity index is 2.29. The molecule has 1 aliphatic rings. The van der Waals surface area contributed by atoms with E-state index in [1.54, 1.807) is 30.3 Å². The Labute approximate surface area is 193 Å². The third-order valence-electron chi connectivity index (χ3n) is 4.78. The summed E-state index contributed by atoms with van der Waals surface area (Å²) in [5.74, 6) is -2.24. The van der Waals surface area contributed by atoms with E-state index in [2.05, 4.69) is 4.98 Å². The van der Waals surface area contributed by atoms with E-state index < -0.39 is 73.0 Å². The molecule has 0 amide bonds. The second kappa shape index (κ2) is 9.84. The summed E-state index contributed by atoms with van der Waals surface area (Å²) in [6, 6.07) is 9.86. The molecule has 3 rings (SSSR count). The maximum absolute atomic E-state index is 12.9. The summed E-state index contributed by atoms with van der Waals surface area (Å²) in [5, 5.41) is 10.6. The summed E-state index contributed by atoms with van der Waals surface area (Å²) in [6.45, 7) is 3.35. The molecule has 1 aromatic carbocycles. The van der Waals surface area contributed by atoms with Crippen molar-refractivity contribution >= 4 is 37.1 Å². The number of esters is 2. The molecule has 0 saturated carbocycles. The summed E-state index contributed by atoms with van der Waals surface area (Å²) in [4.78, 5) is 62.7. The van der Waals surface area contributed by atoms with Gasteiger partial charge in [-0.1, -0.05) is 0 Å². The van der Waals surface area contributed by atoms with Crippen molar-refractivity contribution in [1.29, 1.82) is 0 Å². The number of hydrogen-bond acceptors (Lipinski definition) is 9. The summed E-state index contributed by atoms with van der Waals surface area (Å²) in [7, 11) is 0. The minimum atomic E-state index is -1.82. The number of ketones is 1. The van der Waals surface area contributed by atoms with Crippen molar-refractivity contribution in [2.75, 3.05) is 0 Å². The standard InChI is InChI=1S/C21H22N2O9Se/c1-11(24)16(28)17-18(30-12(2)25)19(31-13(3)26)21(32-17,33-14-7-5-4-6-8-14)23-10-9-15(27)22-20(23)29/h4-10,16-19,28H,1-3H3,(H,22,27,29)/t16?,17-,18-,19-,21+/m1/s1. The Morgan fingerprint density at radius 3 is 2.27 bits per heavy atom. The van der Waals surface area contributed by atoms with Gasteiger partial charge in [-0.2, -0.15) is 0 Å². The molecule has 2 heterocycles. The zero-order chi connectivity index (χ0) is 24.3. The second-order valence-corrected chi connectivity index (χ2v) is 9.91. The van der Waals surface area contributed by atoms with Crippen LogP contribution >= 0.6 is 0 Å². The fourth-order valence-corrected chi connectivity index (χ4v) is 6.26. The number of ether oxygens (including phenoxy) is 3. The number of rotatable bonds is 7. The predicted octanol–water partition coefficient (Wildman–Crippen LogP) is -1.61. The summed E-state index contributed by atoms with van der Waals surface area (Å²) in [5.41, 5.74) is -1.55. The average Bonchev–Trinajstić information content (AvgIpc) is 3.01. The van der Waals surface area contributed by atoms with Crippen LogP contribution in [0, 0.1) is 0 Å². The van der Waals surface area contributed by atoms with Crippen molar-refractivity contribution in [3.05, 3.63) is 63.4 Å². The van der Waals surface area contributed by atoms with Crippen LogP contribution in [0.1, 0.15) is 20.8 Å². The Kier molecular flexibility index (Phi) is 7.33. The molecule has 2 aromatic rings. The molecule has 2 N–H and O–H groups in total. The third kappa shape index (κ3) is 5.14. The average molecular weight is 525 g/mol. The molecule has 176 valence electrons. The van der Waals surface area contributed by atoms with Gasteiger partial charge in [-0.3, -0.25) is 0 Å². The molecule has 5 atom stereocenters. The van der Waals surface area contributed by atoms with Crippen LogP contribution in [0.5, 0.6) is 0 Å². The van der Waals surface area contributed by atoms with E-state index in [0.29, 0.717) is 4.46 Å². The van der Waals surface area contributed by atoms with Crippen LogP contribution in [-0.2, 0) is 33.2 Å². The van der Waals surface area contributed by atoms with Crippen LogP contribution in [0.15, 0.2) is 52.2 Å². The van der Waals surface area contributed by atoms with Gasteiger partial charge in [-0.25, -0.2) is 0 Å². The predicted molar refractivity (Wildman–Crippen MR) is 114 cm³/mol. The second-order valence-electron chi connectivity index (χ2n) is 7.27. The van der Waals surface area contributed by atoms with Crippen LogP contribution in [0.3, 0.4) is 0 Å². The molecule has 0 radical (unpaired) electrons. The van der Waals surface area contributed by atoms with Crippen LogP contribution in [0.4, 0.5) is 0 Å². The Hall–Kier alpha value is -3.05. The molecule has 11 nitrogen and oxygen atoms in total. The van der Waals surface area contributed by atoms with Crippen LogP contribution in [0.2, 0.25) is 0 Å². The van der Waals surface area contributed by atoms with Crippen LogP contribution < -0.4 is 15.7 Å². The first-order chi connectivity index (χ1) is 15.5. The number of nitrogens with zero attached hydrogens (tertiary/aromatic N) is 1. The van der Waals surface area contributed by atoms with Crippen LogP contribution in [0.25, 0.3) is 0 Å². The fraction of sp³-hybridized carbons (Fsp3) is 0.381. The monoisotopic (exact) mass is 526 g/mol. The van der Waals surface area contributed by atoms with Crippen molar-refractivity contribution in [2.24, 2.45) is 0 Å². The van der Waals surface area contributed by atoms with Crippen molar-refractivity contribution < 1.29 is 33.7 Å². The van der Waals surface area contributed by atoms with E-state index in [9.17, 15) is 29.1 Å². The van der Waals surface area contributed by atoms with Crippen molar-refractivity contribution in [1.82, 2.24) is 9.55 Å². The SMILES string of the molecule is CC(=O)O[C@@H]1[C@@H](C(O)C(C)=O)O[C@@]([Se]c2ccccc2)(n2ccc(=O)[nH]c2=O)[C@@H]1OC(C)=O. The summed E-state index contributed by atoms with van der Waals surface area (Å²) >= 11 is -0.861.